The lowest BCUT2D eigenvalue weighted by Crippen LogP contribution is -2.53. The Morgan fingerprint density at radius 2 is 1.72 bits per heavy atom. The van der Waals surface area contributed by atoms with E-state index in [0.717, 1.165) is 11.3 Å². The van der Waals surface area contributed by atoms with Gasteiger partial charge in [-0.2, -0.15) is 13.2 Å². The third-order valence-electron chi connectivity index (χ3n) is 9.36. The number of Topliss-reactive ketones (excluding diaryl/α,β-unsaturated/α-hetero) is 2. The molecular weight excluding hydrogens is 569 g/mol. The Kier molecular flexibility index (Phi) is 7.79. The predicted molar refractivity (Wildman–Crippen MR) is 151 cm³/mol. The van der Waals surface area contributed by atoms with E-state index in [4.69, 9.17) is 5.73 Å². The fraction of sp³-hybridized carbons (Fsp3) is 0.567. The second kappa shape index (κ2) is 10.8. The van der Waals surface area contributed by atoms with Gasteiger partial charge in [0.1, 0.15) is 22.8 Å². The van der Waals surface area contributed by atoms with Crippen molar-refractivity contribution in [2.24, 2.45) is 23.5 Å². The summed E-state index contributed by atoms with van der Waals surface area (Å²) in [6.07, 6.45) is -4.27. The van der Waals surface area contributed by atoms with Gasteiger partial charge in [-0.25, -0.2) is 0 Å². The number of primary amides is 1. The number of nitrogens with two attached hydrogens (primary N) is 1. The quantitative estimate of drug-likeness (QED) is 0.359. The molecule has 0 saturated carbocycles. The number of alkyl halides is 3. The number of aliphatic hydroxyl groups is 2. The van der Waals surface area contributed by atoms with Crippen molar-refractivity contribution in [1.29, 1.82) is 0 Å². The first kappa shape index (κ1) is 30.9. The minimum absolute atomic E-state index is 0.0109. The van der Waals surface area contributed by atoms with Gasteiger partial charge in [0.05, 0.1) is 17.5 Å². The number of aromatic hydroxyl groups is 1. The van der Waals surface area contributed by atoms with Gasteiger partial charge in [0.25, 0.3) is 5.91 Å². The van der Waals surface area contributed by atoms with Gasteiger partial charge in [-0.15, -0.1) is 0 Å². The van der Waals surface area contributed by atoms with Crippen molar-refractivity contribution in [3.63, 3.8) is 0 Å². The number of fused-ring (bicyclic) bond motifs is 4. The first-order chi connectivity index (χ1) is 20.0. The standard InChI is InChI=1S/C30H37F3N4O6/c1-35(2)22-14-6-9-37(8-5-7-30(31,32)33)12-17(14)24(38)19-15(22)10-13-11-16-20(26(40)18(13)25(19)39)27(41)21(29(34)43)28(42)23(16)36(3)4/h13,16,20,23,38,40,42H,5-12H2,1-4H3,(H2,34,43)/t13?,16?,20?,23-/m0/s1. The molecule has 3 aliphatic carbocycles. The summed E-state index contributed by atoms with van der Waals surface area (Å²) in [5.74, 6) is -6.28. The monoisotopic (exact) mass is 606 g/mol. The molecule has 0 radical (unpaired) electrons. The maximum absolute atomic E-state index is 14.2. The maximum atomic E-state index is 14.2. The molecule has 3 unspecified atom stereocenters. The van der Waals surface area contributed by atoms with Crippen LogP contribution in [0.4, 0.5) is 18.9 Å². The molecule has 0 saturated heterocycles. The average Bonchev–Trinajstić information content (AvgIpc) is 2.87. The van der Waals surface area contributed by atoms with E-state index in [9.17, 15) is 42.9 Å². The molecule has 0 bridgehead atoms. The number of amides is 1. The lowest BCUT2D eigenvalue weighted by atomic mass is 9.60. The molecule has 1 amide bonds. The second-order valence-corrected chi connectivity index (χ2v) is 12.5. The van der Waals surface area contributed by atoms with E-state index in [1.807, 2.05) is 23.9 Å². The average molecular weight is 607 g/mol. The molecule has 13 heteroatoms. The Balaban J connectivity index is 1.59. The minimum Gasteiger partial charge on any atom is -0.511 e. The van der Waals surface area contributed by atoms with Crippen LogP contribution in [0, 0.1) is 17.8 Å². The van der Waals surface area contributed by atoms with E-state index >= 15 is 0 Å². The molecule has 234 valence electrons. The number of benzene rings is 1. The van der Waals surface area contributed by atoms with Gasteiger partial charge in [-0.1, -0.05) is 0 Å². The van der Waals surface area contributed by atoms with Crippen molar-refractivity contribution in [3.8, 4) is 5.75 Å². The Morgan fingerprint density at radius 1 is 1.05 bits per heavy atom. The van der Waals surface area contributed by atoms with Crippen LogP contribution in [0.15, 0.2) is 22.7 Å². The van der Waals surface area contributed by atoms with Crippen LogP contribution in [0.25, 0.3) is 0 Å². The van der Waals surface area contributed by atoms with Crippen molar-refractivity contribution in [3.05, 3.63) is 44.9 Å². The largest absolute Gasteiger partial charge is 0.511 e. The number of hydrogen-bond acceptors (Lipinski definition) is 9. The number of anilines is 1. The Hall–Kier alpha value is -3.58. The lowest BCUT2D eigenvalue weighted by molar-refractivity contribution is -0.136. The molecule has 4 atom stereocenters. The number of carbonyl (C=O) groups is 3. The van der Waals surface area contributed by atoms with Crippen LogP contribution in [-0.4, -0.2) is 96.1 Å². The molecule has 1 aromatic carbocycles. The summed E-state index contributed by atoms with van der Waals surface area (Å²) in [7, 11) is 6.99. The number of likely N-dealkylation sites (N-methyl/N-ethyl adjacent to an activating group) is 1. The fourth-order valence-corrected chi connectivity index (χ4v) is 7.74. The summed E-state index contributed by atoms with van der Waals surface area (Å²) in [5.41, 5.74) is 7.49. The summed E-state index contributed by atoms with van der Waals surface area (Å²) in [5, 5.41) is 34.0. The molecule has 0 fully saturated rings. The van der Waals surface area contributed by atoms with Crippen molar-refractivity contribution in [1.82, 2.24) is 9.80 Å². The van der Waals surface area contributed by atoms with Crippen LogP contribution in [-0.2, 0) is 29.0 Å². The summed E-state index contributed by atoms with van der Waals surface area (Å²) in [4.78, 5) is 45.1. The van der Waals surface area contributed by atoms with E-state index in [0.29, 0.717) is 24.1 Å². The Labute approximate surface area is 247 Å². The third kappa shape index (κ3) is 5.05. The highest BCUT2D eigenvalue weighted by atomic mass is 19.4. The number of nitrogens with zero attached hydrogens (tertiary/aromatic N) is 3. The molecule has 0 spiro atoms. The van der Waals surface area contributed by atoms with Gasteiger partial charge in [0, 0.05) is 50.4 Å². The third-order valence-corrected chi connectivity index (χ3v) is 9.36. The van der Waals surface area contributed by atoms with Gasteiger partial charge in [-0.3, -0.25) is 24.2 Å². The molecule has 43 heavy (non-hydrogen) atoms. The predicted octanol–water partition coefficient (Wildman–Crippen LogP) is 2.77. The molecule has 1 aliphatic heterocycles. The fourth-order valence-electron chi connectivity index (χ4n) is 7.74. The highest BCUT2D eigenvalue weighted by Crippen LogP contribution is 2.53. The topological polar surface area (TPSA) is 148 Å². The van der Waals surface area contributed by atoms with Gasteiger partial charge in [0.15, 0.2) is 11.6 Å². The van der Waals surface area contributed by atoms with Crippen molar-refractivity contribution < 1.29 is 42.9 Å². The van der Waals surface area contributed by atoms with Gasteiger partial charge < -0.3 is 26.0 Å². The smallest absolute Gasteiger partial charge is 0.389 e. The number of rotatable bonds is 6. The summed E-state index contributed by atoms with van der Waals surface area (Å²) in [6.45, 7) is 0.835. The minimum atomic E-state index is -4.26. The SMILES string of the molecule is CN(C)c1c2c(c(O)c3c1CC1CC4C(C(=O)C(C(N)=O)=C(O)[C@H]4N(C)C)C(O)=C1C3=O)CN(CCCC(F)(F)F)CC2. The summed E-state index contributed by atoms with van der Waals surface area (Å²) < 4.78 is 38.2. The normalized spacial score (nSPS) is 25.9. The first-order valence-corrected chi connectivity index (χ1v) is 14.3. The molecule has 5 rings (SSSR count). The highest BCUT2D eigenvalue weighted by molar-refractivity contribution is 6.22. The lowest BCUT2D eigenvalue weighted by Gasteiger charge is -2.46. The molecular formula is C30H37F3N4O6. The van der Waals surface area contributed by atoms with E-state index in [1.54, 1.807) is 19.0 Å². The van der Waals surface area contributed by atoms with E-state index in [1.165, 1.54) is 0 Å². The zero-order chi connectivity index (χ0) is 31.7. The molecule has 0 aromatic heterocycles. The van der Waals surface area contributed by atoms with Gasteiger partial charge in [0.2, 0.25) is 0 Å². The van der Waals surface area contributed by atoms with E-state index in [-0.39, 0.29) is 49.2 Å². The van der Waals surface area contributed by atoms with Gasteiger partial charge in [-0.05, 0) is 69.3 Å². The van der Waals surface area contributed by atoms with E-state index in [2.05, 4.69) is 0 Å². The number of carbonyl (C=O) groups excluding carboxylic acids is 3. The zero-order valence-electron chi connectivity index (χ0n) is 24.6. The molecule has 4 aliphatic rings. The number of halogens is 3. The second-order valence-electron chi connectivity index (χ2n) is 12.5. The summed E-state index contributed by atoms with van der Waals surface area (Å²) in [6, 6.07) is -0.806. The molecule has 5 N–H and O–H groups in total. The number of phenolic OH excluding ortho intramolecular Hbond substituents is 1. The molecule has 1 heterocycles. The van der Waals surface area contributed by atoms with Crippen LogP contribution in [0.3, 0.4) is 0 Å². The van der Waals surface area contributed by atoms with Crippen LogP contribution < -0.4 is 10.6 Å². The Bertz CT molecular complexity index is 1460. The number of ketones is 2. The van der Waals surface area contributed by atoms with Crippen molar-refractivity contribution >= 4 is 23.2 Å². The summed E-state index contributed by atoms with van der Waals surface area (Å²) >= 11 is 0. The van der Waals surface area contributed by atoms with Gasteiger partial charge >= 0.3 is 6.18 Å². The molecule has 10 nitrogen and oxygen atoms in total. The van der Waals surface area contributed by atoms with Crippen LogP contribution >= 0.6 is 0 Å². The van der Waals surface area contributed by atoms with Crippen LogP contribution in [0.1, 0.15) is 46.3 Å². The zero-order valence-corrected chi connectivity index (χ0v) is 24.6. The highest BCUT2D eigenvalue weighted by Gasteiger charge is 2.55. The van der Waals surface area contributed by atoms with Crippen molar-refractivity contribution in [2.45, 2.75) is 50.9 Å². The van der Waals surface area contributed by atoms with E-state index < -0.39 is 71.0 Å². The molecule has 1 aromatic rings. The maximum Gasteiger partial charge on any atom is 0.389 e. The number of allylic oxidation sites excluding steroid dienone is 2. The first-order valence-electron chi connectivity index (χ1n) is 14.3. The van der Waals surface area contributed by atoms with Crippen LogP contribution in [0.5, 0.6) is 5.75 Å². The van der Waals surface area contributed by atoms with Crippen molar-refractivity contribution in [2.75, 3.05) is 46.2 Å². The van der Waals surface area contributed by atoms with Crippen LogP contribution in [0.2, 0.25) is 0 Å². The number of phenols is 1. The number of aliphatic hydroxyl groups excluding tert-OH is 2. The number of hydrogen-bond donors (Lipinski definition) is 4. The Morgan fingerprint density at radius 3 is 2.30 bits per heavy atom.